The molecule has 0 radical (unpaired) electrons. The molecular weight excluding hydrogens is 360 g/mol. The van der Waals surface area contributed by atoms with E-state index in [1.165, 1.54) is 11.8 Å². The van der Waals surface area contributed by atoms with Crippen LogP contribution in [0.3, 0.4) is 0 Å². The lowest BCUT2D eigenvalue weighted by atomic mass is 10.2. The Bertz CT molecular complexity index is 994. The molecule has 1 aliphatic rings. The molecule has 2 heterocycles. The van der Waals surface area contributed by atoms with Crippen LogP contribution in [0.2, 0.25) is 0 Å². The number of thioether (sulfide) groups is 1. The molecule has 134 valence electrons. The first-order valence-electron chi connectivity index (χ1n) is 8.35. The van der Waals surface area contributed by atoms with Gasteiger partial charge in [0.1, 0.15) is 11.5 Å². The van der Waals surface area contributed by atoms with E-state index in [9.17, 15) is 9.90 Å². The predicted octanol–water partition coefficient (Wildman–Crippen LogP) is 4.79. The number of hydrogen-bond acceptors (Lipinski definition) is 5. The summed E-state index contributed by atoms with van der Waals surface area (Å²) in [5.74, 6) is 0.753. The van der Waals surface area contributed by atoms with Crippen LogP contribution in [0, 0.1) is 0 Å². The van der Waals surface area contributed by atoms with Crippen molar-refractivity contribution in [2.45, 2.75) is 6.54 Å². The molecule has 3 aromatic rings. The van der Waals surface area contributed by atoms with Crippen LogP contribution in [0.4, 0.5) is 5.69 Å². The maximum absolute atomic E-state index is 13.0. The van der Waals surface area contributed by atoms with Gasteiger partial charge in [0.25, 0.3) is 5.91 Å². The molecule has 0 aliphatic carbocycles. The van der Waals surface area contributed by atoms with Crippen molar-refractivity contribution < 1.29 is 14.3 Å². The molecule has 6 heteroatoms. The van der Waals surface area contributed by atoms with Crippen LogP contribution in [-0.2, 0) is 11.3 Å². The minimum atomic E-state index is -0.126. The zero-order valence-electron chi connectivity index (χ0n) is 14.3. The lowest BCUT2D eigenvalue weighted by Crippen LogP contribution is -2.28. The largest absolute Gasteiger partial charge is 0.508 e. The van der Waals surface area contributed by atoms with Gasteiger partial charge >= 0.3 is 0 Å². The average molecular weight is 376 g/mol. The van der Waals surface area contributed by atoms with Gasteiger partial charge in [-0.1, -0.05) is 30.3 Å². The molecule has 2 aromatic carbocycles. The summed E-state index contributed by atoms with van der Waals surface area (Å²) in [5.41, 5.74) is 1.62. The first-order chi connectivity index (χ1) is 13.2. The Morgan fingerprint density at radius 1 is 1.04 bits per heavy atom. The number of furan rings is 1. The number of para-hydroxylation sites is 1. The molecule has 0 bridgehead atoms. The highest BCUT2D eigenvalue weighted by atomic mass is 32.2. The third-order valence-corrected chi connectivity index (χ3v) is 4.96. The molecule has 5 nitrogen and oxygen atoms in total. The predicted molar refractivity (Wildman–Crippen MR) is 106 cm³/mol. The van der Waals surface area contributed by atoms with Crippen molar-refractivity contribution in [3.05, 3.63) is 89.2 Å². The van der Waals surface area contributed by atoms with E-state index in [1.54, 1.807) is 47.6 Å². The second kappa shape index (κ2) is 7.55. The third kappa shape index (κ3) is 3.96. The topological polar surface area (TPSA) is 66.0 Å². The van der Waals surface area contributed by atoms with E-state index < -0.39 is 0 Å². The fraction of sp³-hybridized carbons (Fsp3) is 0.0476. The Balaban J connectivity index is 1.68. The van der Waals surface area contributed by atoms with E-state index in [0.717, 1.165) is 11.3 Å². The van der Waals surface area contributed by atoms with Crippen LogP contribution in [-0.4, -0.2) is 21.1 Å². The normalized spacial score (nSPS) is 17.2. The highest BCUT2D eigenvalue weighted by molar-refractivity contribution is 8.18. The lowest BCUT2D eigenvalue weighted by molar-refractivity contribution is -0.122. The molecule has 1 aliphatic heterocycles. The average Bonchev–Trinajstić information content (AvgIpc) is 3.29. The molecule has 4 rings (SSSR count). The summed E-state index contributed by atoms with van der Waals surface area (Å²) in [6, 6.07) is 19.9. The summed E-state index contributed by atoms with van der Waals surface area (Å²) in [6.07, 6.45) is 3.39. The van der Waals surface area contributed by atoms with Crippen molar-refractivity contribution in [1.82, 2.24) is 4.90 Å². The number of amidine groups is 1. The second-order valence-corrected chi connectivity index (χ2v) is 6.91. The summed E-state index contributed by atoms with van der Waals surface area (Å²) in [7, 11) is 0. The van der Waals surface area contributed by atoms with Crippen molar-refractivity contribution in [2.24, 2.45) is 4.99 Å². The van der Waals surface area contributed by atoms with Gasteiger partial charge in [-0.25, -0.2) is 4.99 Å². The monoisotopic (exact) mass is 376 g/mol. The van der Waals surface area contributed by atoms with Crippen LogP contribution >= 0.6 is 11.8 Å². The van der Waals surface area contributed by atoms with E-state index >= 15 is 0 Å². The van der Waals surface area contributed by atoms with Gasteiger partial charge in [0, 0.05) is 0 Å². The number of nitrogens with zero attached hydrogens (tertiary/aromatic N) is 2. The fourth-order valence-electron chi connectivity index (χ4n) is 2.62. The van der Waals surface area contributed by atoms with Gasteiger partial charge < -0.3 is 9.52 Å². The molecule has 1 N–H and O–H groups in total. The van der Waals surface area contributed by atoms with Gasteiger partial charge in [-0.3, -0.25) is 9.69 Å². The number of rotatable bonds is 4. The Hall–Kier alpha value is -3.25. The molecule has 0 atom stereocenters. The highest BCUT2D eigenvalue weighted by Crippen LogP contribution is 2.35. The lowest BCUT2D eigenvalue weighted by Gasteiger charge is -2.13. The molecular formula is C21H16N2O3S. The first kappa shape index (κ1) is 17.2. The number of hydrogen-bond donors (Lipinski definition) is 1. The maximum atomic E-state index is 13.0. The van der Waals surface area contributed by atoms with E-state index in [-0.39, 0.29) is 11.7 Å². The smallest absolute Gasteiger partial charge is 0.267 e. The maximum Gasteiger partial charge on any atom is 0.267 e. The molecule has 0 spiro atoms. The van der Waals surface area contributed by atoms with Crippen molar-refractivity contribution in [1.29, 1.82) is 0 Å². The molecule has 1 amide bonds. The van der Waals surface area contributed by atoms with Crippen LogP contribution in [0.5, 0.6) is 5.75 Å². The quantitative estimate of drug-likeness (QED) is 0.665. The van der Waals surface area contributed by atoms with Crippen LogP contribution in [0.1, 0.15) is 11.3 Å². The second-order valence-electron chi connectivity index (χ2n) is 5.90. The number of benzene rings is 2. The molecule has 1 saturated heterocycles. The Morgan fingerprint density at radius 2 is 1.81 bits per heavy atom. The van der Waals surface area contributed by atoms with Gasteiger partial charge in [0.2, 0.25) is 0 Å². The molecule has 1 fully saturated rings. The van der Waals surface area contributed by atoms with Gasteiger partial charge in [-0.15, -0.1) is 0 Å². The van der Waals surface area contributed by atoms with Gasteiger partial charge in [0.15, 0.2) is 5.17 Å². The van der Waals surface area contributed by atoms with Crippen molar-refractivity contribution >= 4 is 34.6 Å². The summed E-state index contributed by atoms with van der Waals surface area (Å²) in [6.45, 7) is 0.317. The van der Waals surface area contributed by atoms with Gasteiger partial charge in [0.05, 0.1) is 23.4 Å². The minimum absolute atomic E-state index is 0.126. The van der Waals surface area contributed by atoms with E-state index in [0.29, 0.717) is 22.4 Å². The number of aliphatic imine (C=N–C) groups is 1. The number of phenolic OH excluding ortho intramolecular Hbond substituents is 1. The van der Waals surface area contributed by atoms with E-state index in [4.69, 9.17) is 4.42 Å². The third-order valence-electron chi connectivity index (χ3n) is 3.95. The SMILES string of the molecule is O=C1/C(=C\c2ccc(O)cc2)SC(=Nc2ccccc2)N1Cc1ccco1. The number of carbonyl (C=O) groups is 1. The number of amides is 1. The molecule has 0 saturated carbocycles. The van der Waals surface area contributed by atoms with E-state index in [2.05, 4.69) is 4.99 Å². The van der Waals surface area contributed by atoms with Crippen LogP contribution in [0.15, 0.2) is 87.3 Å². The highest BCUT2D eigenvalue weighted by Gasteiger charge is 2.34. The number of carbonyl (C=O) groups excluding carboxylic acids is 1. The van der Waals surface area contributed by atoms with Gasteiger partial charge in [-0.2, -0.15) is 0 Å². The molecule has 0 unspecified atom stereocenters. The molecule has 27 heavy (non-hydrogen) atoms. The minimum Gasteiger partial charge on any atom is -0.508 e. The fourth-order valence-corrected chi connectivity index (χ4v) is 3.62. The summed E-state index contributed by atoms with van der Waals surface area (Å²) < 4.78 is 5.40. The van der Waals surface area contributed by atoms with Gasteiger partial charge in [-0.05, 0) is 59.8 Å². The number of phenols is 1. The Kier molecular flexibility index (Phi) is 4.80. The Labute approximate surface area is 160 Å². The van der Waals surface area contributed by atoms with Crippen molar-refractivity contribution in [3.63, 3.8) is 0 Å². The summed E-state index contributed by atoms with van der Waals surface area (Å²) >= 11 is 1.33. The zero-order valence-corrected chi connectivity index (χ0v) is 15.1. The van der Waals surface area contributed by atoms with Crippen molar-refractivity contribution in [3.8, 4) is 5.75 Å². The Morgan fingerprint density at radius 3 is 2.52 bits per heavy atom. The molecule has 1 aromatic heterocycles. The zero-order chi connectivity index (χ0) is 18.6. The standard InChI is InChI=1S/C21H16N2O3S/c24-17-10-8-15(9-11-17)13-19-20(25)23(14-18-7-4-12-26-18)21(27-19)22-16-5-2-1-3-6-16/h1-13,24H,14H2/b19-13+,22-21?. The summed E-state index contributed by atoms with van der Waals surface area (Å²) in [5, 5.41) is 10.0. The van der Waals surface area contributed by atoms with Crippen LogP contribution in [0.25, 0.3) is 6.08 Å². The van der Waals surface area contributed by atoms with Crippen molar-refractivity contribution in [2.75, 3.05) is 0 Å². The van der Waals surface area contributed by atoms with Crippen LogP contribution < -0.4 is 0 Å². The van der Waals surface area contributed by atoms with E-state index in [1.807, 2.05) is 36.4 Å². The number of aromatic hydroxyl groups is 1. The summed E-state index contributed by atoms with van der Waals surface area (Å²) in [4.78, 5) is 19.8. The first-order valence-corrected chi connectivity index (χ1v) is 9.17.